The Balaban J connectivity index is 2.02. The second-order valence-corrected chi connectivity index (χ2v) is 6.74. The first-order valence-corrected chi connectivity index (χ1v) is 8.96. The molecule has 0 aliphatic rings. The van der Waals surface area contributed by atoms with Crippen molar-refractivity contribution in [3.63, 3.8) is 0 Å². The van der Waals surface area contributed by atoms with E-state index in [2.05, 4.69) is 10.9 Å². The molecule has 0 spiro atoms. The third-order valence-electron chi connectivity index (χ3n) is 3.65. The van der Waals surface area contributed by atoms with Crippen LogP contribution in [0.25, 0.3) is 0 Å². The molecule has 1 aromatic carbocycles. The first kappa shape index (κ1) is 20.2. The largest absolute Gasteiger partial charge is 0.493 e. The van der Waals surface area contributed by atoms with Gasteiger partial charge in [-0.15, -0.1) is 11.3 Å². The van der Waals surface area contributed by atoms with Gasteiger partial charge in [0.05, 0.1) is 12.0 Å². The third-order valence-corrected chi connectivity index (χ3v) is 5.03. The molecule has 0 aliphatic heterocycles. The second-order valence-electron chi connectivity index (χ2n) is 5.60. The van der Waals surface area contributed by atoms with E-state index in [9.17, 15) is 14.4 Å². The molecule has 27 heavy (non-hydrogen) atoms. The molecule has 0 saturated heterocycles. The number of rotatable bonds is 7. The van der Waals surface area contributed by atoms with Gasteiger partial charge in [-0.05, 0) is 43.2 Å². The number of nitrogens with one attached hydrogen (secondary N) is 2. The highest BCUT2D eigenvalue weighted by Gasteiger charge is 2.15. The van der Waals surface area contributed by atoms with Crippen molar-refractivity contribution in [2.24, 2.45) is 5.73 Å². The molecule has 8 nitrogen and oxygen atoms in total. The van der Waals surface area contributed by atoms with Gasteiger partial charge in [-0.2, -0.15) is 0 Å². The summed E-state index contributed by atoms with van der Waals surface area (Å²) in [6, 6.07) is 6.18. The molecule has 0 atom stereocenters. The summed E-state index contributed by atoms with van der Waals surface area (Å²) in [5.74, 6) is -0.997. The van der Waals surface area contributed by atoms with Crippen molar-refractivity contribution in [1.82, 2.24) is 10.9 Å². The fourth-order valence-electron chi connectivity index (χ4n) is 2.31. The van der Waals surface area contributed by atoms with Gasteiger partial charge < -0.3 is 15.2 Å². The highest BCUT2D eigenvalue weighted by atomic mass is 32.1. The summed E-state index contributed by atoms with van der Waals surface area (Å²) in [6.07, 6.45) is 0.847. The zero-order valence-corrected chi connectivity index (χ0v) is 16.1. The summed E-state index contributed by atoms with van der Waals surface area (Å²) >= 11 is 1.39. The van der Waals surface area contributed by atoms with Crippen molar-refractivity contribution in [2.75, 3.05) is 13.7 Å². The van der Waals surface area contributed by atoms with E-state index in [1.54, 1.807) is 6.07 Å². The first-order chi connectivity index (χ1) is 12.8. The smallest absolute Gasteiger partial charge is 0.279 e. The molecule has 2 rings (SSSR count). The van der Waals surface area contributed by atoms with Gasteiger partial charge >= 0.3 is 0 Å². The minimum atomic E-state index is -0.628. The predicted molar refractivity (Wildman–Crippen MR) is 101 cm³/mol. The van der Waals surface area contributed by atoms with Gasteiger partial charge in [0.15, 0.2) is 18.1 Å². The van der Waals surface area contributed by atoms with Crippen LogP contribution in [0.4, 0.5) is 0 Å². The molecule has 3 amide bonds. The van der Waals surface area contributed by atoms with E-state index in [0.717, 1.165) is 16.9 Å². The van der Waals surface area contributed by atoms with Gasteiger partial charge in [0.25, 0.3) is 17.7 Å². The topological polar surface area (TPSA) is 120 Å². The Morgan fingerprint density at radius 3 is 2.41 bits per heavy atom. The quantitative estimate of drug-likeness (QED) is 0.619. The van der Waals surface area contributed by atoms with Crippen molar-refractivity contribution in [1.29, 1.82) is 0 Å². The Labute approximate surface area is 160 Å². The van der Waals surface area contributed by atoms with E-state index < -0.39 is 11.8 Å². The molecule has 0 bridgehead atoms. The average molecular weight is 391 g/mol. The maximum atomic E-state index is 12.3. The number of carbonyl (C=O) groups is 3. The number of hydrogen-bond donors (Lipinski definition) is 3. The van der Waals surface area contributed by atoms with Gasteiger partial charge in [-0.3, -0.25) is 25.2 Å². The predicted octanol–water partition coefficient (Wildman–Crippen LogP) is 1.57. The van der Waals surface area contributed by atoms with Crippen molar-refractivity contribution in [3.05, 3.63) is 45.1 Å². The molecular weight excluding hydrogens is 370 g/mol. The molecule has 4 N–H and O–H groups in total. The molecular formula is C18H21N3O5S. The highest BCUT2D eigenvalue weighted by Crippen LogP contribution is 2.28. The van der Waals surface area contributed by atoms with Gasteiger partial charge in [0, 0.05) is 10.4 Å². The zero-order valence-electron chi connectivity index (χ0n) is 15.3. The van der Waals surface area contributed by atoms with Gasteiger partial charge in [0.1, 0.15) is 0 Å². The maximum Gasteiger partial charge on any atom is 0.279 e. The van der Waals surface area contributed by atoms with Crippen LogP contribution in [0.3, 0.4) is 0 Å². The van der Waals surface area contributed by atoms with Crippen LogP contribution < -0.4 is 26.1 Å². The van der Waals surface area contributed by atoms with Crippen LogP contribution in [0.1, 0.15) is 37.4 Å². The van der Waals surface area contributed by atoms with Crippen LogP contribution in [0.5, 0.6) is 11.5 Å². The lowest BCUT2D eigenvalue weighted by atomic mass is 10.2. The normalized spacial score (nSPS) is 10.2. The van der Waals surface area contributed by atoms with Crippen molar-refractivity contribution in [2.45, 2.75) is 20.3 Å². The molecule has 1 aromatic heterocycles. The Morgan fingerprint density at radius 1 is 1.11 bits per heavy atom. The molecule has 9 heteroatoms. The minimum absolute atomic E-state index is 0.246. The van der Waals surface area contributed by atoms with E-state index in [4.69, 9.17) is 15.2 Å². The summed E-state index contributed by atoms with van der Waals surface area (Å²) in [5, 5.41) is 0. The zero-order chi connectivity index (χ0) is 20.0. The number of methoxy groups -OCH3 is 1. The van der Waals surface area contributed by atoms with Crippen LogP contribution in [0, 0.1) is 6.92 Å². The molecule has 2 aromatic rings. The molecule has 144 valence electrons. The lowest BCUT2D eigenvalue weighted by molar-refractivity contribution is -0.119. The number of carbonyl (C=O) groups excluding carboxylic acids is 3. The number of hydrogen-bond acceptors (Lipinski definition) is 6. The summed E-state index contributed by atoms with van der Waals surface area (Å²) in [7, 11) is 1.40. The standard InChI is InChI=1S/C18H21N3O5S/c1-4-14-10(2)7-15(27-14)18(24)21-20-17(23)11-5-6-12(13(8-11)25-3)26-9-16(19)22/h5-8H,4,9H2,1-3H3,(H2,19,22)(H,20,23)(H,21,24). The van der Waals surface area contributed by atoms with Gasteiger partial charge in [-0.1, -0.05) is 6.92 Å². The summed E-state index contributed by atoms with van der Waals surface area (Å²) in [5.41, 5.74) is 11.1. The third kappa shape index (κ3) is 5.20. The number of hydrazine groups is 1. The lowest BCUT2D eigenvalue weighted by Crippen LogP contribution is -2.41. The Kier molecular flexibility index (Phi) is 6.78. The fourth-order valence-corrected chi connectivity index (χ4v) is 3.32. The Hall–Kier alpha value is -3.07. The van der Waals surface area contributed by atoms with Crippen molar-refractivity contribution in [3.8, 4) is 11.5 Å². The van der Waals surface area contributed by atoms with Crippen LogP contribution in [-0.2, 0) is 11.2 Å². The summed E-state index contributed by atoms with van der Waals surface area (Å²) in [4.78, 5) is 36.9. The average Bonchev–Trinajstić information content (AvgIpc) is 3.04. The molecule has 0 aliphatic carbocycles. The van der Waals surface area contributed by atoms with E-state index >= 15 is 0 Å². The molecule has 0 unspecified atom stereocenters. The van der Waals surface area contributed by atoms with Crippen molar-refractivity contribution >= 4 is 29.1 Å². The monoisotopic (exact) mass is 391 g/mol. The van der Waals surface area contributed by atoms with E-state index in [0.29, 0.717) is 4.88 Å². The van der Waals surface area contributed by atoms with Gasteiger partial charge in [0.2, 0.25) is 0 Å². The SMILES string of the molecule is CCc1sc(C(=O)NNC(=O)c2ccc(OCC(N)=O)c(OC)c2)cc1C. The minimum Gasteiger partial charge on any atom is -0.493 e. The first-order valence-electron chi connectivity index (χ1n) is 8.14. The molecule has 0 radical (unpaired) electrons. The lowest BCUT2D eigenvalue weighted by Gasteiger charge is -2.11. The Morgan fingerprint density at radius 2 is 1.81 bits per heavy atom. The van der Waals surface area contributed by atoms with E-state index in [1.165, 1.54) is 36.6 Å². The summed E-state index contributed by atoms with van der Waals surface area (Å²) < 4.78 is 10.4. The van der Waals surface area contributed by atoms with Crippen molar-refractivity contribution < 1.29 is 23.9 Å². The molecule has 1 heterocycles. The fraction of sp³-hybridized carbons (Fsp3) is 0.278. The second kappa shape index (κ2) is 9.04. The molecule has 0 saturated carbocycles. The van der Waals surface area contributed by atoms with E-state index in [-0.39, 0.29) is 29.6 Å². The molecule has 0 fully saturated rings. The van der Waals surface area contributed by atoms with Crippen LogP contribution >= 0.6 is 11.3 Å². The van der Waals surface area contributed by atoms with Gasteiger partial charge in [-0.25, -0.2) is 0 Å². The number of amides is 3. The maximum absolute atomic E-state index is 12.3. The number of nitrogens with two attached hydrogens (primary N) is 1. The number of benzene rings is 1. The number of ether oxygens (including phenoxy) is 2. The number of thiophene rings is 1. The Bertz CT molecular complexity index is 863. The number of aryl methyl sites for hydroxylation is 2. The van der Waals surface area contributed by atoms with E-state index in [1.807, 2.05) is 13.8 Å². The van der Waals surface area contributed by atoms with Crippen LogP contribution in [0.15, 0.2) is 24.3 Å². The summed E-state index contributed by atoms with van der Waals surface area (Å²) in [6.45, 7) is 3.66. The highest BCUT2D eigenvalue weighted by molar-refractivity contribution is 7.14. The van der Waals surface area contributed by atoms with Crippen LogP contribution in [-0.4, -0.2) is 31.4 Å². The number of primary amides is 1. The van der Waals surface area contributed by atoms with Crippen LogP contribution in [0.2, 0.25) is 0 Å².